The third-order valence-electron chi connectivity index (χ3n) is 7.73. The van der Waals surface area contributed by atoms with E-state index in [4.69, 9.17) is 9.47 Å². The van der Waals surface area contributed by atoms with E-state index in [-0.39, 0.29) is 35.3 Å². The number of hydrogen-bond donors (Lipinski definition) is 0. The summed E-state index contributed by atoms with van der Waals surface area (Å²) in [6.45, 7) is 2.42. The minimum absolute atomic E-state index is 0.0480. The molecule has 0 saturated carbocycles. The molecule has 51 heavy (non-hydrogen) atoms. The monoisotopic (exact) mass is 730 g/mol. The second-order valence-corrected chi connectivity index (χ2v) is 11.2. The van der Waals surface area contributed by atoms with E-state index in [0.717, 1.165) is 36.8 Å². The summed E-state index contributed by atoms with van der Waals surface area (Å²) >= 11 is 0. The topological polar surface area (TPSA) is 36.9 Å². The zero-order valence-corrected chi connectivity index (χ0v) is 26.1. The van der Waals surface area contributed by atoms with Crippen molar-refractivity contribution < 1.29 is 67.2 Å². The second kappa shape index (κ2) is 15.1. The van der Waals surface area contributed by atoms with Gasteiger partial charge in [-0.25, -0.2) is 17.6 Å². The Hall–Kier alpha value is -5.05. The van der Waals surface area contributed by atoms with Crippen molar-refractivity contribution in [2.75, 3.05) is 6.61 Å². The molecule has 0 bridgehead atoms. The highest BCUT2D eigenvalue weighted by Crippen LogP contribution is 2.39. The van der Waals surface area contributed by atoms with Gasteiger partial charge in [-0.1, -0.05) is 30.4 Å². The van der Waals surface area contributed by atoms with Gasteiger partial charge in [0.1, 0.15) is 23.1 Å². The van der Waals surface area contributed by atoms with Crippen LogP contribution in [0.5, 0.6) is 17.2 Å². The minimum Gasteiger partial charge on any atom is -0.429 e. The number of ether oxygens (including phenoxy) is 4. The van der Waals surface area contributed by atoms with Crippen LogP contribution in [0.15, 0.2) is 97.0 Å². The van der Waals surface area contributed by atoms with E-state index in [0.29, 0.717) is 36.8 Å². The minimum atomic E-state index is -4.61. The summed E-state index contributed by atoms with van der Waals surface area (Å²) in [6.07, 6.45) is -6.23. The van der Waals surface area contributed by atoms with E-state index in [1.165, 1.54) is 12.1 Å². The summed E-state index contributed by atoms with van der Waals surface area (Å²) in [4.78, 5) is 0. The van der Waals surface area contributed by atoms with E-state index in [1.54, 1.807) is 0 Å². The van der Waals surface area contributed by atoms with Crippen LogP contribution in [-0.4, -0.2) is 6.61 Å². The van der Waals surface area contributed by atoms with Crippen molar-refractivity contribution in [3.05, 3.63) is 137 Å². The molecule has 2 unspecified atom stereocenters. The molecule has 0 amide bonds. The molecule has 0 aromatic heterocycles. The Morgan fingerprint density at radius 1 is 0.725 bits per heavy atom. The Morgan fingerprint density at radius 2 is 1.37 bits per heavy atom. The van der Waals surface area contributed by atoms with Gasteiger partial charge in [0.25, 0.3) is 0 Å². The van der Waals surface area contributed by atoms with Crippen LogP contribution in [0.1, 0.15) is 42.6 Å². The van der Waals surface area contributed by atoms with Gasteiger partial charge < -0.3 is 18.9 Å². The first-order chi connectivity index (χ1) is 24.1. The Morgan fingerprint density at radius 3 is 1.94 bits per heavy atom. The van der Waals surface area contributed by atoms with Crippen LogP contribution in [0.4, 0.5) is 48.3 Å². The second-order valence-electron chi connectivity index (χ2n) is 11.2. The fourth-order valence-electron chi connectivity index (χ4n) is 5.29. The van der Waals surface area contributed by atoms with Gasteiger partial charge in [0, 0.05) is 29.7 Å². The van der Waals surface area contributed by atoms with Crippen LogP contribution in [0, 0.1) is 29.2 Å². The Kier molecular flexibility index (Phi) is 11.0. The lowest BCUT2D eigenvalue weighted by molar-refractivity contribution is -0.187. The molecule has 5 rings (SSSR count). The summed E-state index contributed by atoms with van der Waals surface area (Å²) in [6, 6.07) is 7.05. The van der Waals surface area contributed by atoms with E-state index < -0.39 is 76.0 Å². The average Bonchev–Trinajstić information content (AvgIpc) is 3.06. The largest absolute Gasteiger partial charge is 0.429 e. The third kappa shape index (κ3) is 8.64. The predicted octanol–water partition coefficient (Wildman–Crippen LogP) is 11.6. The molecule has 1 heterocycles. The fraction of sp³-hybridized carbons (Fsp3) is 0.222. The summed E-state index contributed by atoms with van der Waals surface area (Å²) in [5.74, 6) is -9.92. The molecule has 0 spiro atoms. The lowest BCUT2D eigenvalue weighted by Crippen LogP contribution is -2.23. The first-order valence-electron chi connectivity index (χ1n) is 15.0. The SMILES string of the molecule is CC=CC1CCC(c2ccc(C(F)(F)Oc3ccc(-c4ccc(C(F)(F)Oc5cc(F)c(OC(F)=C(F)F)c(F)c5)c(F)c4)c(F)c3)cc2)OC1. The molecule has 270 valence electrons. The van der Waals surface area contributed by atoms with Gasteiger partial charge in [0.15, 0.2) is 11.6 Å². The van der Waals surface area contributed by atoms with Crippen LogP contribution in [-0.2, 0) is 17.0 Å². The highest BCUT2D eigenvalue weighted by atomic mass is 19.3. The van der Waals surface area contributed by atoms with Crippen LogP contribution in [0.2, 0.25) is 0 Å². The van der Waals surface area contributed by atoms with Gasteiger partial charge in [-0.15, -0.1) is 0 Å². The zero-order chi connectivity index (χ0) is 37.1. The molecule has 0 aliphatic carbocycles. The lowest BCUT2D eigenvalue weighted by Gasteiger charge is -2.28. The highest BCUT2D eigenvalue weighted by molar-refractivity contribution is 5.65. The molecule has 15 heteroatoms. The van der Waals surface area contributed by atoms with Gasteiger partial charge in [-0.3, -0.25) is 0 Å². The lowest BCUT2D eigenvalue weighted by atomic mass is 9.94. The van der Waals surface area contributed by atoms with Crippen LogP contribution in [0.3, 0.4) is 0 Å². The first kappa shape index (κ1) is 37.2. The molecule has 1 aliphatic heterocycles. The first-order valence-corrected chi connectivity index (χ1v) is 15.0. The van der Waals surface area contributed by atoms with E-state index in [9.17, 15) is 35.1 Å². The number of alkyl halides is 4. The van der Waals surface area contributed by atoms with Crippen LogP contribution in [0.25, 0.3) is 11.1 Å². The summed E-state index contributed by atoms with van der Waals surface area (Å²) in [5.41, 5.74) is -1.99. The maximum atomic E-state index is 15.0. The van der Waals surface area contributed by atoms with E-state index in [1.807, 2.05) is 19.1 Å². The summed E-state index contributed by atoms with van der Waals surface area (Å²) in [5, 5.41) is 0. The summed E-state index contributed by atoms with van der Waals surface area (Å²) in [7, 11) is 0. The quantitative estimate of drug-likeness (QED) is 0.0875. The number of halogens is 11. The van der Waals surface area contributed by atoms with Crippen molar-refractivity contribution in [2.45, 2.75) is 38.1 Å². The Labute approximate surface area is 283 Å². The average molecular weight is 731 g/mol. The molecular formula is C36H25F11O4. The van der Waals surface area contributed by atoms with Gasteiger partial charge in [-0.05, 0) is 67.3 Å². The van der Waals surface area contributed by atoms with Crippen molar-refractivity contribution in [1.29, 1.82) is 0 Å². The fourth-order valence-corrected chi connectivity index (χ4v) is 5.29. The maximum absolute atomic E-state index is 15.0. The molecule has 4 aromatic carbocycles. The third-order valence-corrected chi connectivity index (χ3v) is 7.73. The molecular weight excluding hydrogens is 705 g/mol. The normalized spacial score (nSPS) is 16.6. The Bertz CT molecular complexity index is 1910. The molecule has 0 N–H and O–H groups in total. The molecule has 4 nitrogen and oxygen atoms in total. The molecule has 4 aromatic rings. The molecule has 1 fully saturated rings. The predicted molar refractivity (Wildman–Crippen MR) is 161 cm³/mol. The Balaban J connectivity index is 1.27. The van der Waals surface area contributed by atoms with Gasteiger partial charge in [-0.2, -0.15) is 30.7 Å². The number of rotatable bonds is 11. The number of benzene rings is 4. The van der Waals surface area contributed by atoms with Crippen molar-refractivity contribution in [3.63, 3.8) is 0 Å². The van der Waals surface area contributed by atoms with Crippen molar-refractivity contribution in [1.82, 2.24) is 0 Å². The number of hydrogen-bond acceptors (Lipinski definition) is 4. The van der Waals surface area contributed by atoms with Crippen LogP contribution >= 0.6 is 0 Å². The maximum Gasteiger partial charge on any atom is 0.429 e. The standard InChI is InChI=1S/C36H25F11O4/c1-2-3-19-4-13-31(48-18-19)20-5-8-22(9-6-20)35(44,45)50-23-10-11-25(27(37)15-23)21-7-12-26(28(38)14-21)36(46,47)51-24-16-29(39)32(30(40)17-24)49-34(43)33(41)42/h2-3,5-12,14-17,19,31H,4,13,18H2,1H3. The van der Waals surface area contributed by atoms with Crippen LogP contribution < -0.4 is 14.2 Å². The molecule has 1 saturated heterocycles. The van der Waals surface area contributed by atoms with E-state index >= 15 is 13.2 Å². The number of allylic oxidation sites excluding steroid dienone is 1. The molecule has 1 aliphatic rings. The molecule has 0 radical (unpaired) electrons. The van der Waals surface area contributed by atoms with Crippen molar-refractivity contribution >= 4 is 0 Å². The molecule has 2 atom stereocenters. The highest BCUT2D eigenvalue weighted by Gasteiger charge is 2.39. The van der Waals surface area contributed by atoms with Gasteiger partial charge >= 0.3 is 24.3 Å². The zero-order valence-electron chi connectivity index (χ0n) is 26.1. The van der Waals surface area contributed by atoms with Gasteiger partial charge in [0.2, 0.25) is 5.75 Å². The van der Waals surface area contributed by atoms with Crippen molar-refractivity contribution in [2.24, 2.45) is 5.92 Å². The smallest absolute Gasteiger partial charge is 0.429 e. The van der Waals surface area contributed by atoms with Gasteiger partial charge in [0.05, 0.1) is 23.8 Å². The van der Waals surface area contributed by atoms with E-state index in [2.05, 4.69) is 9.47 Å². The van der Waals surface area contributed by atoms with Crippen molar-refractivity contribution in [3.8, 4) is 28.4 Å². The summed E-state index contributed by atoms with van der Waals surface area (Å²) < 4.78 is 174.